The number of nitrogens with zero attached hydrogens (tertiary/aromatic N) is 2. The average Bonchev–Trinajstić information content (AvgIpc) is 3.13. The van der Waals surface area contributed by atoms with Crippen molar-refractivity contribution in [3.63, 3.8) is 0 Å². The van der Waals surface area contributed by atoms with Crippen LogP contribution >= 0.6 is 0 Å². The summed E-state index contributed by atoms with van der Waals surface area (Å²) in [6, 6.07) is 21.4. The molecular weight excluding hydrogens is 636 g/mol. The largest absolute Gasteiger partial charge is 0.497 e. The van der Waals surface area contributed by atoms with Gasteiger partial charge in [0.2, 0.25) is 0 Å². The number of hydrogen-bond donors (Lipinski definition) is 2. The molecule has 1 aliphatic heterocycles. The number of likely N-dealkylation sites (tertiary alicyclic amines) is 1. The van der Waals surface area contributed by atoms with Crippen LogP contribution in [0.1, 0.15) is 41.9 Å². The molecule has 2 atom stereocenters. The molecule has 1 aliphatic rings. The Morgan fingerprint density at radius 3 is 2.31 bits per heavy atom. The van der Waals surface area contributed by atoms with Gasteiger partial charge >= 0.3 is 0 Å². The molecule has 1 heterocycles. The molecule has 0 spiro atoms. The highest BCUT2D eigenvalue weighted by atomic mass is 17.1. The molecule has 4 rings (SSSR count). The third-order valence-electron chi connectivity index (χ3n) is 8.08. The minimum absolute atomic E-state index is 0.00931. The Morgan fingerprint density at radius 2 is 1.57 bits per heavy atom. The van der Waals surface area contributed by atoms with Gasteiger partial charge < -0.3 is 38.1 Å². The van der Waals surface area contributed by atoms with Crippen molar-refractivity contribution in [2.24, 2.45) is 0 Å². The minimum atomic E-state index is -0.512. The summed E-state index contributed by atoms with van der Waals surface area (Å²) in [6.45, 7) is 3.14. The molecule has 2 N–H and O–H groups in total. The highest BCUT2D eigenvalue weighted by Gasteiger charge is 2.33. The van der Waals surface area contributed by atoms with Crippen LogP contribution in [0.4, 0.5) is 0 Å². The molecule has 49 heavy (non-hydrogen) atoms. The topological polar surface area (TPSA) is 138 Å². The first-order chi connectivity index (χ1) is 23.9. The fourth-order valence-electron chi connectivity index (χ4n) is 5.58. The first-order valence-electron chi connectivity index (χ1n) is 16.3. The van der Waals surface area contributed by atoms with Crippen molar-refractivity contribution in [3.8, 4) is 23.0 Å². The molecule has 13 nitrogen and oxygen atoms in total. The van der Waals surface area contributed by atoms with Crippen LogP contribution in [0.15, 0.2) is 66.7 Å². The average molecular weight is 685 g/mol. The van der Waals surface area contributed by atoms with Gasteiger partial charge in [0.15, 0.2) is 6.61 Å². The lowest BCUT2D eigenvalue weighted by Crippen LogP contribution is -2.48. The molecule has 3 aromatic rings. The summed E-state index contributed by atoms with van der Waals surface area (Å²) in [5.41, 5.74) is 2.93. The van der Waals surface area contributed by atoms with Crippen LogP contribution in [0.25, 0.3) is 0 Å². The van der Waals surface area contributed by atoms with E-state index < -0.39 is 12.0 Å². The van der Waals surface area contributed by atoms with E-state index in [-0.39, 0.29) is 24.5 Å². The highest BCUT2D eigenvalue weighted by Crippen LogP contribution is 2.33. The van der Waals surface area contributed by atoms with E-state index in [1.165, 1.54) is 0 Å². The number of hydrogen-bond acceptors (Lipinski definition) is 12. The lowest BCUT2D eigenvalue weighted by Gasteiger charge is -2.38. The number of ether oxygens (including phenoxy) is 7. The molecule has 1 fully saturated rings. The molecule has 0 aromatic heterocycles. The third-order valence-corrected chi connectivity index (χ3v) is 8.08. The molecule has 1 amide bonds. The molecule has 0 aliphatic carbocycles. The number of amides is 1. The van der Waals surface area contributed by atoms with Crippen molar-refractivity contribution in [1.82, 2.24) is 10.3 Å². The molecule has 0 bridgehead atoms. The summed E-state index contributed by atoms with van der Waals surface area (Å²) in [7, 11) is 4.90. The Hall–Kier alpha value is -3.95. The summed E-state index contributed by atoms with van der Waals surface area (Å²) in [4.78, 5) is 18.9. The summed E-state index contributed by atoms with van der Waals surface area (Å²) in [5.74, 6) is 2.48. The maximum atomic E-state index is 12.8. The highest BCUT2D eigenvalue weighted by molar-refractivity contribution is 5.77. The van der Waals surface area contributed by atoms with Gasteiger partial charge in [0.05, 0.1) is 58.7 Å². The van der Waals surface area contributed by atoms with Gasteiger partial charge in [-0.15, -0.1) is 0 Å². The van der Waals surface area contributed by atoms with Crippen LogP contribution in [0.3, 0.4) is 0 Å². The van der Waals surface area contributed by atoms with Crippen molar-refractivity contribution in [2.45, 2.75) is 44.5 Å². The van der Waals surface area contributed by atoms with Crippen LogP contribution in [-0.2, 0) is 37.1 Å². The SMILES string of the molecule is COCCCOc1cc(COC2CN(C(=O)CON(O)O)CC[C@@H]2c2ccc(OCCCOCc3ccccc3OC)cc2)cc(OC)c1. The molecule has 1 saturated heterocycles. The molecule has 3 aromatic carbocycles. The lowest BCUT2D eigenvalue weighted by atomic mass is 9.86. The van der Waals surface area contributed by atoms with E-state index in [1.54, 1.807) is 26.2 Å². The molecule has 13 heteroatoms. The van der Waals surface area contributed by atoms with Gasteiger partial charge in [0.1, 0.15) is 23.0 Å². The van der Waals surface area contributed by atoms with Gasteiger partial charge in [0.25, 0.3) is 5.91 Å². The van der Waals surface area contributed by atoms with E-state index in [0.717, 1.165) is 41.0 Å². The predicted molar refractivity (Wildman–Crippen MR) is 178 cm³/mol. The quantitative estimate of drug-likeness (QED) is 0.115. The second-order valence-corrected chi connectivity index (χ2v) is 11.5. The third kappa shape index (κ3) is 12.5. The van der Waals surface area contributed by atoms with Crippen LogP contribution in [0.2, 0.25) is 0 Å². The van der Waals surface area contributed by atoms with Gasteiger partial charge in [-0.25, -0.2) is 4.84 Å². The molecule has 1 unspecified atom stereocenters. The Kier molecular flexibility index (Phi) is 15.9. The molecular formula is C36H48N2O11. The normalized spacial score (nSPS) is 16.1. The van der Waals surface area contributed by atoms with E-state index in [2.05, 4.69) is 4.84 Å². The van der Waals surface area contributed by atoms with E-state index in [4.69, 9.17) is 43.6 Å². The van der Waals surface area contributed by atoms with Crippen molar-refractivity contribution in [1.29, 1.82) is 0 Å². The molecule has 0 radical (unpaired) electrons. The van der Waals surface area contributed by atoms with Crippen molar-refractivity contribution < 1.29 is 53.2 Å². The fourth-order valence-corrected chi connectivity index (χ4v) is 5.58. The monoisotopic (exact) mass is 684 g/mol. The van der Waals surface area contributed by atoms with Crippen LogP contribution in [0.5, 0.6) is 23.0 Å². The van der Waals surface area contributed by atoms with E-state index in [9.17, 15) is 4.79 Å². The predicted octanol–water partition coefficient (Wildman–Crippen LogP) is 5.02. The zero-order valence-electron chi connectivity index (χ0n) is 28.5. The first-order valence-corrected chi connectivity index (χ1v) is 16.3. The summed E-state index contributed by atoms with van der Waals surface area (Å²) >= 11 is 0. The fraction of sp³-hybridized carbons (Fsp3) is 0.472. The van der Waals surface area contributed by atoms with Crippen molar-refractivity contribution >= 4 is 5.91 Å². The number of rotatable bonds is 21. The Morgan fingerprint density at radius 1 is 0.837 bits per heavy atom. The Labute approximate surface area is 287 Å². The second-order valence-electron chi connectivity index (χ2n) is 11.5. The van der Waals surface area contributed by atoms with Gasteiger partial charge in [-0.05, 0) is 47.9 Å². The van der Waals surface area contributed by atoms with Gasteiger partial charge in [-0.2, -0.15) is 0 Å². The van der Waals surface area contributed by atoms with Crippen molar-refractivity contribution in [2.75, 3.05) is 67.5 Å². The molecule has 0 saturated carbocycles. The lowest BCUT2D eigenvalue weighted by molar-refractivity contribution is -0.489. The number of para-hydroxylation sites is 1. The van der Waals surface area contributed by atoms with E-state index in [0.29, 0.717) is 64.0 Å². The van der Waals surface area contributed by atoms with Gasteiger partial charge in [-0.3, -0.25) is 15.2 Å². The maximum absolute atomic E-state index is 12.8. The number of carbonyl (C=O) groups excluding carboxylic acids is 1. The first kappa shape index (κ1) is 37.9. The molecule has 268 valence electrons. The zero-order chi connectivity index (χ0) is 34.8. The maximum Gasteiger partial charge on any atom is 0.250 e. The summed E-state index contributed by atoms with van der Waals surface area (Å²) in [6.07, 6.45) is 1.76. The minimum Gasteiger partial charge on any atom is -0.497 e. The second kappa shape index (κ2) is 20.5. The number of methoxy groups -OCH3 is 3. The summed E-state index contributed by atoms with van der Waals surface area (Å²) in [5, 5.41) is 17.3. The van der Waals surface area contributed by atoms with Gasteiger partial charge in [-0.1, -0.05) is 30.3 Å². The van der Waals surface area contributed by atoms with Crippen LogP contribution in [0, 0.1) is 0 Å². The zero-order valence-corrected chi connectivity index (χ0v) is 28.5. The number of piperidine rings is 1. The van der Waals surface area contributed by atoms with E-state index in [1.807, 2.05) is 66.7 Å². The standard InChI is InChI=1S/C36H48N2O11/c1-42-16-6-18-47-32-21-27(20-31(22-32)43-2)24-48-35-23-37(36(39)26-49-38(40)41)15-14-33(35)28-10-12-30(13-11-28)46-19-7-17-45-25-29-8-4-5-9-34(29)44-3/h4-5,8-13,20-22,33,35,40-41H,6-7,14-19,23-26H2,1-3H3/t33-,35?/m1/s1. The van der Waals surface area contributed by atoms with Crippen molar-refractivity contribution in [3.05, 3.63) is 83.4 Å². The van der Waals surface area contributed by atoms with Crippen LogP contribution < -0.4 is 18.9 Å². The summed E-state index contributed by atoms with van der Waals surface area (Å²) < 4.78 is 40.1. The number of carbonyl (C=O) groups is 1. The smallest absolute Gasteiger partial charge is 0.250 e. The van der Waals surface area contributed by atoms with E-state index >= 15 is 0 Å². The Bertz CT molecular complexity index is 1410. The number of benzene rings is 3. The van der Waals surface area contributed by atoms with Crippen LogP contribution in [-0.4, -0.2) is 100 Å². The Balaban J connectivity index is 1.35. The van der Waals surface area contributed by atoms with Gasteiger partial charge in [0, 0.05) is 57.2 Å².